The Bertz CT molecular complexity index is 1650. The average Bonchev–Trinajstić information content (AvgIpc) is 3.55. The van der Waals surface area contributed by atoms with Crippen LogP contribution in [0.25, 0.3) is 11.1 Å². The Morgan fingerprint density at radius 2 is 1.65 bits per heavy atom. The fraction of sp³-hybridized carbons (Fsp3) is 0.457. The Hall–Kier alpha value is -3.98. The first-order chi connectivity index (χ1) is 22.8. The Morgan fingerprint density at radius 1 is 0.959 bits per heavy atom. The maximum atomic E-state index is 15.1. The van der Waals surface area contributed by atoms with Crippen LogP contribution < -0.4 is 14.8 Å². The van der Waals surface area contributed by atoms with Gasteiger partial charge in [0.2, 0.25) is 0 Å². The summed E-state index contributed by atoms with van der Waals surface area (Å²) < 4.78 is 53.3. The number of aromatic nitrogens is 1. The first kappa shape index (κ1) is 37.8. The summed E-state index contributed by atoms with van der Waals surface area (Å²) in [6, 6.07) is 12.0. The summed E-state index contributed by atoms with van der Waals surface area (Å²) in [5.41, 5.74) is 0.309. The Kier molecular flexibility index (Phi) is 11.8. The summed E-state index contributed by atoms with van der Waals surface area (Å²) in [5, 5.41) is 25.3. The van der Waals surface area contributed by atoms with E-state index in [0.29, 0.717) is 35.1 Å². The molecule has 3 aromatic rings. The lowest BCUT2D eigenvalue weighted by Crippen LogP contribution is -2.40. The van der Waals surface area contributed by atoms with E-state index in [1.807, 2.05) is 0 Å². The van der Waals surface area contributed by atoms with Gasteiger partial charge in [-0.15, -0.1) is 0 Å². The van der Waals surface area contributed by atoms with E-state index in [4.69, 9.17) is 18.9 Å². The Balaban J connectivity index is 1.69. The van der Waals surface area contributed by atoms with Gasteiger partial charge in [-0.05, 0) is 95.3 Å². The van der Waals surface area contributed by atoms with E-state index < -0.39 is 58.7 Å². The van der Waals surface area contributed by atoms with E-state index in [2.05, 4.69) is 10.3 Å². The number of carbonyl (C=O) groups excluding carboxylic acids is 2. The van der Waals surface area contributed by atoms with Gasteiger partial charge in [-0.1, -0.05) is 37.1 Å². The number of ether oxygens (including phenoxy) is 4. The van der Waals surface area contributed by atoms with Gasteiger partial charge in [0.25, 0.3) is 17.7 Å². The van der Waals surface area contributed by atoms with E-state index in [9.17, 15) is 24.2 Å². The van der Waals surface area contributed by atoms with Crippen molar-refractivity contribution in [3.63, 3.8) is 0 Å². The third-order valence-corrected chi connectivity index (χ3v) is 8.08. The molecule has 0 aliphatic carbocycles. The van der Waals surface area contributed by atoms with Gasteiger partial charge in [0.1, 0.15) is 17.0 Å². The number of amides is 1. The molecule has 0 unspecified atom stereocenters. The van der Waals surface area contributed by atoms with Gasteiger partial charge >= 0.3 is 12.1 Å². The maximum Gasteiger partial charge on any atom is 0.407 e. The van der Waals surface area contributed by atoms with Crippen LogP contribution in [0.5, 0.6) is 17.5 Å². The molecular formula is C35H43F2N3O8S. The van der Waals surface area contributed by atoms with Gasteiger partial charge in [-0.25, -0.2) is 18.4 Å². The highest BCUT2D eigenvalue weighted by atomic mass is 32.2. The van der Waals surface area contributed by atoms with Crippen molar-refractivity contribution in [2.24, 2.45) is 0 Å². The van der Waals surface area contributed by atoms with Crippen molar-refractivity contribution in [3.8, 4) is 28.6 Å². The predicted octanol–water partition coefficient (Wildman–Crippen LogP) is 6.79. The van der Waals surface area contributed by atoms with Crippen molar-refractivity contribution < 1.29 is 47.5 Å². The minimum Gasteiger partial charge on any atom is -0.460 e. The van der Waals surface area contributed by atoms with E-state index in [-0.39, 0.29) is 24.3 Å². The fourth-order valence-corrected chi connectivity index (χ4v) is 5.73. The SMILES string of the molecule is CC[C@@H](Oc1nc(Oc2cc(-c3cccc(CNC(=O)OC(C)(C)C)c3)cc(C(O)(O)N3CCCS3)c2)c(F)cc1F)C(=O)OC(C)(C)C. The molecule has 3 N–H and O–H groups in total. The summed E-state index contributed by atoms with van der Waals surface area (Å²) in [6.07, 6.45) is -0.962. The fourth-order valence-electron chi connectivity index (χ4n) is 4.70. The highest BCUT2D eigenvalue weighted by Crippen LogP contribution is 2.39. The number of carbonyl (C=O) groups is 2. The number of benzene rings is 2. The van der Waals surface area contributed by atoms with Crippen molar-refractivity contribution in [2.45, 2.75) is 91.1 Å². The number of alkyl carbamates (subject to hydrolysis) is 1. The number of hydrogen-bond donors (Lipinski definition) is 3. The number of halogens is 2. The summed E-state index contributed by atoms with van der Waals surface area (Å²) in [7, 11) is 0. The molecule has 1 amide bonds. The van der Waals surface area contributed by atoms with Gasteiger partial charge in [0.15, 0.2) is 17.7 Å². The lowest BCUT2D eigenvalue weighted by molar-refractivity contribution is -0.238. The van der Waals surface area contributed by atoms with Crippen molar-refractivity contribution in [1.29, 1.82) is 0 Å². The largest absolute Gasteiger partial charge is 0.460 e. The zero-order valence-electron chi connectivity index (χ0n) is 28.6. The lowest BCUT2D eigenvalue weighted by atomic mass is 9.99. The number of aliphatic hydroxyl groups is 2. The summed E-state index contributed by atoms with van der Waals surface area (Å²) in [4.78, 5) is 28.7. The third kappa shape index (κ3) is 10.5. The zero-order chi connectivity index (χ0) is 36.1. The normalized spacial score (nSPS) is 14.7. The second-order valence-corrected chi connectivity index (χ2v) is 14.5. The molecule has 0 radical (unpaired) electrons. The number of esters is 1. The molecule has 1 aromatic heterocycles. The molecule has 49 heavy (non-hydrogen) atoms. The van der Waals surface area contributed by atoms with Gasteiger partial charge in [-0.2, -0.15) is 9.29 Å². The summed E-state index contributed by atoms with van der Waals surface area (Å²) in [5.74, 6) is -6.21. The number of nitrogens with one attached hydrogen (secondary N) is 1. The minimum atomic E-state index is -2.43. The quantitative estimate of drug-likeness (QED) is 0.111. The van der Waals surface area contributed by atoms with E-state index in [0.717, 1.165) is 6.42 Å². The molecule has 14 heteroatoms. The number of nitrogens with zero attached hydrogens (tertiary/aromatic N) is 2. The van der Waals surface area contributed by atoms with Crippen LogP contribution in [0.4, 0.5) is 13.6 Å². The maximum absolute atomic E-state index is 15.1. The molecule has 1 aliphatic heterocycles. The van der Waals surface area contributed by atoms with Gasteiger partial charge in [0.05, 0.1) is 0 Å². The van der Waals surface area contributed by atoms with Crippen molar-refractivity contribution in [1.82, 2.24) is 14.6 Å². The molecule has 1 aliphatic rings. The molecule has 266 valence electrons. The van der Waals surface area contributed by atoms with Crippen LogP contribution in [0, 0.1) is 11.6 Å². The molecule has 0 spiro atoms. The Labute approximate surface area is 289 Å². The molecular weight excluding hydrogens is 660 g/mol. The Morgan fingerprint density at radius 3 is 2.29 bits per heavy atom. The van der Waals surface area contributed by atoms with Crippen LogP contribution in [0.1, 0.15) is 72.4 Å². The summed E-state index contributed by atoms with van der Waals surface area (Å²) in [6.45, 7) is 12.5. The van der Waals surface area contributed by atoms with Crippen molar-refractivity contribution in [2.75, 3.05) is 12.3 Å². The van der Waals surface area contributed by atoms with Gasteiger partial charge < -0.3 is 34.5 Å². The number of hydrogen-bond acceptors (Lipinski definition) is 11. The van der Waals surface area contributed by atoms with Gasteiger partial charge in [0, 0.05) is 30.5 Å². The molecule has 1 saturated heterocycles. The van der Waals surface area contributed by atoms with Crippen LogP contribution >= 0.6 is 11.9 Å². The molecule has 1 fully saturated rings. The third-order valence-electron chi connectivity index (χ3n) is 6.86. The van der Waals surface area contributed by atoms with Crippen molar-refractivity contribution in [3.05, 3.63) is 71.3 Å². The number of rotatable bonds is 11. The monoisotopic (exact) mass is 703 g/mol. The number of pyridine rings is 1. The minimum absolute atomic E-state index is 0.0154. The lowest BCUT2D eigenvalue weighted by Gasteiger charge is -2.31. The first-order valence-corrected chi connectivity index (χ1v) is 16.8. The van der Waals surface area contributed by atoms with Crippen molar-refractivity contribution >= 4 is 24.0 Å². The smallest absolute Gasteiger partial charge is 0.407 e. The van der Waals surface area contributed by atoms with Crippen LogP contribution in [0.2, 0.25) is 0 Å². The van der Waals surface area contributed by atoms with E-state index in [1.165, 1.54) is 28.4 Å². The van der Waals surface area contributed by atoms with E-state index >= 15 is 4.39 Å². The highest BCUT2D eigenvalue weighted by Gasteiger charge is 2.38. The molecule has 11 nitrogen and oxygen atoms in total. The highest BCUT2D eigenvalue weighted by molar-refractivity contribution is 7.97. The zero-order valence-corrected chi connectivity index (χ0v) is 29.5. The topological polar surface area (TPSA) is 140 Å². The second-order valence-electron chi connectivity index (χ2n) is 13.4. The molecule has 1 atom stereocenters. The van der Waals surface area contributed by atoms with Crippen LogP contribution in [0.3, 0.4) is 0 Å². The summed E-state index contributed by atoms with van der Waals surface area (Å²) >= 11 is 1.26. The second kappa shape index (κ2) is 15.3. The molecule has 4 rings (SSSR count). The molecule has 2 aromatic carbocycles. The van der Waals surface area contributed by atoms with Gasteiger partial charge in [-0.3, -0.25) is 0 Å². The molecule has 2 heterocycles. The molecule has 0 bridgehead atoms. The predicted molar refractivity (Wildman–Crippen MR) is 180 cm³/mol. The first-order valence-electron chi connectivity index (χ1n) is 15.8. The van der Waals surface area contributed by atoms with Crippen LogP contribution in [-0.2, 0) is 26.7 Å². The molecule has 0 saturated carbocycles. The standard InChI is InChI=1S/C35H43F2N3O8S/c1-8-28(31(41)47-33(2,3)4)46-30-27(37)19-26(36)29(39-30)45-25-17-23(16-24(18-25)35(43,44)40-13-10-14-49-40)22-12-9-11-21(15-22)20-38-32(42)48-34(5,6)7/h9,11-12,15-19,28,43-44H,8,10,13-14,20H2,1-7H3,(H,38,42)/t28-/m1/s1. The average molecular weight is 704 g/mol. The van der Waals surface area contributed by atoms with Crippen LogP contribution in [0.15, 0.2) is 48.5 Å². The van der Waals surface area contributed by atoms with E-state index in [1.54, 1.807) is 78.8 Å². The van der Waals surface area contributed by atoms with Crippen LogP contribution in [-0.4, -0.2) is 61.2 Å².